The van der Waals surface area contributed by atoms with Crippen LogP contribution in [0.15, 0.2) is 41.3 Å². The van der Waals surface area contributed by atoms with E-state index in [2.05, 4.69) is 10.3 Å². The van der Waals surface area contributed by atoms with Crippen molar-refractivity contribution in [3.05, 3.63) is 69.3 Å². The molecule has 3 aromatic rings. The molecule has 0 amide bonds. The highest BCUT2D eigenvalue weighted by atomic mass is 16.5. The topological polar surface area (TPSA) is 138 Å². The van der Waals surface area contributed by atoms with Crippen molar-refractivity contribution in [3.63, 3.8) is 0 Å². The van der Waals surface area contributed by atoms with Crippen LogP contribution in [0.1, 0.15) is 72.4 Å². The van der Waals surface area contributed by atoms with Gasteiger partial charge in [0.05, 0.1) is 24.3 Å². The van der Waals surface area contributed by atoms with Gasteiger partial charge in [0.25, 0.3) is 0 Å². The number of methoxy groups -OCH3 is 1. The van der Waals surface area contributed by atoms with Gasteiger partial charge in [0, 0.05) is 33.9 Å². The maximum absolute atomic E-state index is 14.2. The van der Waals surface area contributed by atoms with E-state index in [0.717, 1.165) is 41.6 Å². The largest absolute Gasteiger partial charge is 0.507 e. The Morgan fingerprint density at radius 2 is 1.95 bits per heavy atom. The van der Waals surface area contributed by atoms with Gasteiger partial charge in [-0.2, -0.15) is 0 Å². The monoisotopic (exact) mass is 542 g/mol. The summed E-state index contributed by atoms with van der Waals surface area (Å²) in [6.45, 7) is 5.99. The number of aromatic nitrogens is 1. The summed E-state index contributed by atoms with van der Waals surface area (Å²) in [6.07, 6.45) is 3.86. The molecule has 206 valence electrons. The van der Waals surface area contributed by atoms with Crippen molar-refractivity contribution in [2.24, 2.45) is 0 Å². The van der Waals surface area contributed by atoms with Gasteiger partial charge in [-0.15, -0.1) is 0 Å². The second kappa shape index (κ2) is 8.74. The summed E-state index contributed by atoms with van der Waals surface area (Å²) < 4.78 is 11.3. The van der Waals surface area contributed by atoms with E-state index in [9.17, 15) is 24.6 Å². The normalized spacial score (nSPS) is 22.7. The molecular formula is C31H30N2O7. The second-order valence-electron chi connectivity index (χ2n) is 10.9. The average molecular weight is 543 g/mol. The number of ether oxygens (including phenoxy) is 2. The van der Waals surface area contributed by atoms with Gasteiger partial charge in [0.15, 0.2) is 17.3 Å². The summed E-state index contributed by atoms with van der Waals surface area (Å²) in [4.78, 5) is 43.4. The molecule has 2 heterocycles. The van der Waals surface area contributed by atoms with E-state index in [0.29, 0.717) is 5.70 Å². The van der Waals surface area contributed by atoms with Crippen LogP contribution < -0.4 is 14.8 Å². The van der Waals surface area contributed by atoms with Gasteiger partial charge < -0.3 is 30.0 Å². The van der Waals surface area contributed by atoms with Crippen LogP contribution in [0.25, 0.3) is 10.9 Å². The van der Waals surface area contributed by atoms with Crippen molar-refractivity contribution < 1.29 is 34.1 Å². The molecule has 0 fully saturated rings. The van der Waals surface area contributed by atoms with Crippen LogP contribution in [0.3, 0.4) is 0 Å². The minimum absolute atomic E-state index is 0.0152. The summed E-state index contributed by atoms with van der Waals surface area (Å²) >= 11 is 0. The van der Waals surface area contributed by atoms with Crippen molar-refractivity contribution in [3.8, 4) is 23.0 Å². The number of Topliss-reactive ketones (excluding diaryl/α,β-unsaturated/α-hetero) is 2. The minimum Gasteiger partial charge on any atom is -0.507 e. The van der Waals surface area contributed by atoms with Crippen molar-refractivity contribution in [1.82, 2.24) is 10.3 Å². The first-order chi connectivity index (χ1) is 19.0. The predicted molar refractivity (Wildman–Crippen MR) is 147 cm³/mol. The fourth-order valence-corrected chi connectivity index (χ4v) is 6.41. The van der Waals surface area contributed by atoms with Crippen LogP contribution in [0.5, 0.6) is 23.0 Å². The number of rotatable bonds is 4. The number of aromatic hydroxyl groups is 2. The maximum Gasteiger partial charge on any atom is 0.194 e. The fourth-order valence-electron chi connectivity index (χ4n) is 6.41. The molecule has 3 aliphatic rings. The average Bonchev–Trinajstić information content (AvgIpc) is 3.43. The second-order valence-corrected chi connectivity index (χ2v) is 10.9. The third kappa shape index (κ3) is 3.36. The zero-order valence-electron chi connectivity index (χ0n) is 22.9. The lowest BCUT2D eigenvalue weighted by Crippen LogP contribution is -2.41. The number of H-pyrrole nitrogens is 1. The van der Waals surface area contributed by atoms with E-state index in [1.807, 2.05) is 18.2 Å². The quantitative estimate of drug-likeness (QED) is 0.211. The highest BCUT2D eigenvalue weighted by molar-refractivity contribution is 6.31. The summed E-state index contributed by atoms with van der Waals surface area (Å²) in [5.74, 6) is -1.64. The fraction of sp³-hybridized carbons (Fsp3) is 0.323. The number of phenolic OH excluding ortho intramolecular Hbond substituents is 2. The molecule has 4 N–H and O–H groups in total. The molecule has 2 atom stereocenters. The van der Waals surface area contributed by atoms with Gasteiger partial charge in [-0.1, -0.05) is 0 Å². The number of ketones is 3. The molecule has 9 nitrogen and oxygen atoms in total. The molecule has 0 radical (unpaired) electrons. The van der Waals surface area contributed by atoms with Crippen LogP contribution in [-0.4, -0.2) is 39.7 Å². The molecule has 0 spiro atoms. The molecule has 40 heavy (non-hydrogen) atoms. The molecule has 0 bridgehead atoms. The van der Waals surface area contributed by atoms with E-state index in [-0.39, 0.29) is 45.6 Å². The Hall–Kier alpha value is -4.53. The van der Waals surface area contributed by atoms with Crippen molar-refractivity contribution in [2.75, 3.05) is 7.11 Å². The van der Waals surface area contributed by atoms with Gasteiger partial charge in [-0.3, -0.25) is 14.4 Å². The Morgan fingerprint density at radius 3 is 2.65 bits per heavy atom. The maximum atomic E-state index is 14.2. The smallest absolute Gasteiger partial charge is 0.194 e. The lowest BCUT2D eigenvalue weighted by atomic mass is 9.70. The van der Waals surface area contributed by atoms with Crippen molar-refractivity contribution in [2.45, 2.75) is 58.4 Å². The van der Waals surface area contributed by atoms with E-state index in [1.54, 1.807) is 21.0 Å². The Bertz CT molecular complexity index is 1740. The number of aryl methyl sites for hydroxylation is 1. The third-order valence-corrected chi connectivity index (χ3v) is 8.56. The molecule has 1 aliphatic heterocycles. The van der Waals surface area contributed by atoms with Gasteiger partial charge in [-0.25, -0.2) is 0 Å². The summed E-state index contributed by atoms with van der Waals surface area (Å²) in [7, 11) is 1.64. The molecule has 2 aliphatic carbocycles. The first-order valence-electron chi connectivity index (χ1n) is 13.2. The first-order valence-corrected chi connectivity index (χ1v) is 13.2. The number of carbonyl (C=O) groups is 3. The summed E-state index contributed by atoms with van der Waals surface area (Å²) in [5.41, 5.74) is 2.01. The van der Waals surface area contributed by atoms with E-state index < -0.39 is 28.5 Å². The number of aromatic amines is 1. The van der Waals surface area contributed by atoms with Gasteiger partial charge in [-0.05, 0) is 70.7 Å². The molecule has 0 saturated carbocycles. The number of hydrogen-bond acceptors (Lipinski definition) is 8. The number of nitrogens with one attached hydrogen (secondary N) is 2. The molecule has 6 rings (SSSR count). The van der Waals surface area contributed by atoms with E-state index in [1.165, 1.54) is 25.5 Å². The number of phenols is 2. The molecule has 0 unspecified atom stereocenters. The SMILES string of the molecule is COc1ccc2[nH]c3c(c2c1)CCC[C@@H]3N/C(C)=C1\C(=O)C=C2Oc3c(C(C)=O)c(O)c(C)c(O)c3[C@@]2(C)C1=O. The highest BCUT2D eigenvalue weighted by Crippen LogP contribution is 2.57. The van der Waals surface area contributed by atoms with Gasteiger partial charge >= 0.3 is 0 Å². The Morgan fingerprint density at radius 1 is 1.20 bits per heavy atom. The van der Waals surface area contributed by atoms with Crippen molar-refractivity contribution >= 4 is 28.3 Å². The number of hydrogen-bond donors (Lipinski definition) is 4. The molecule has 9 heteroatoms. The van der Waals surface area contributed by atoms with Gasteiger partial charge in [0.1, 0.15) is 39.7 Å². The number of benzene rings is 2. The molecule has 1 aromatic heterocycles. The molecule has 0 saturated heterocycles. The van der Waals surface area contributed by atoms with E-state index >= 15 is 0 Å². The Labute approximate surface area is 230 Å². The van der Waals surface area contributed by atoms with Crippen LogP contribution in [0.2, 0.25) is 0 Å². The predicted octanol–water partition coefficient (Wildman–Crippen LogP) is 4.73. The lowest BCUT2D eigenvalue weighted by molar-refractivity contribution is -0.123. The van der Waals surface area contributed by atoms with Gasteiger partial charge in [0.2, 0.25) is 0 Å². The molecular weight excluding hydrogens is 512 g/mol. The number of allylic oxidation sites excluding steroid dienone is 4. The van der Waals surface area contributed by atoms with Crippen LogP contribution in [0, 0.1) is 6.92 Å². The standard InChI is InChI=1S/C31H30N2O7/c1-13-27(36)24(15(3)34)29-25(28(13)37)31(4)22(40-29)12-21(35)23(30(31)38)14(2)32-20-8-6-7-17-18-11-16(39-5)9-10-19(18)33-26(17)20/h9-12,20,32-33,36-37H,6-8H2,1-5H3/b23-14+/t20-,31-/m0/s1. The zero-order valence-corrected chi connectivity index (χ0v) is 22.9. The number of fused-ring (bicyclic) bond motifs is 6. The zero-order chi connectivity index (χ0) is 28.7. The first kappa shape index (κ1) is 25.7. The highest BCUT2D eigenvalue weighted by Gasteiger charge is 2.56. The lowest BCUT2D eigenvalue weighted by Gasteiger charge is -2.30. The van der Waals surface area contributed by atoms with E-state index in [4.69, 9.17) is 9.47 Å². The third-order valence-electron chi connectivity index (χ3n) is 8.56. The summed E-state index contributed by atoms with van der Waals surface area (Å²) in [5, 5.41) is 26.1. The number of carbonyl (C=O) groups excluding carboxylic acids is 3. The molecule has 2 aromatic carbocycles. The Kier molecular flexibility index (Phi) is 5.62. The summed E-state index contributed by atoms with van der Waals surface area (Å²) in [6, 6.07) is 5.74. The van der Waals surface area contributed by atoms with Crippen LogP contribution in [-0.2, 0) is 21.4 Å². The minimum atomic E-state index is -1.55. The van der Waals surface area contributed by atoms with Crippen molar-refractivity contribution in [1.29, 1.82) is 0 Å². The van der Waals surface area contributed by atoms with Crippen LogP contribution >= 0.6 is 0 Å². The Balaban J connectivity index is 1.44. The van der Waals surface area contributed by atoms with Crippen LogP contribution in [0.4, 0.5) is 0 Å².